The van der Waals surface area contributed by atoms with E-state index >= 15 is 0 Å². The second kappa shape index (κ2) is 30.5. The molecule has 0 aromatic rings. The first-order valence-corrected chi connectivity index (χ1v) is 21.5. The molecule has 304 valence electrons. The van der Waals surface area contributed by atoms with Crippen LogP contribution < -0.4 is 0 Å². The summed E-state index contributed by atoms with van der Waals surface area (Å²) < 4.78 is 53.8. The lowest BCUT2D eigenvalue weighted by Gasteiger charge is -2.40. The smallest absolute Gasteiger partial charge is 0.306 e. The van der Waals surface area contributed by atoms with Crippen LogP contribution in [0.25, 0.3) is 0 Å². The zero-order valence-corrected chi connectivity index (χ0v) is 32.7. The van der Waals surface area contributed by atoms with Crippen LogP contribution in [-0.4, -0.2) is 96.0 Å². The molecule has 1 fully saturated rings. The van der Waals surface area contributed by atoms with Crippen molar-refractivity contribution in [3.63, 3.8) is 0 Å². The molecule has 1 heterocycles. The number of aliphatic hydroxyl groups excluding tert-OH is 3. The fourth-order valence-electron chi connectivity index (χ4n) is 5.89. The highest BCUT2D eigenvalue weighted by Crippen LogP contribution is 2.24. The summed E-state index contributed by atoms with van der Waals surface area (Å²) in [6.45, 7) is 3.65. The molecule has 6 unspecified atom stereocenters. The van der Waals surface area contributed by atoms with Crippen LogP contribution in [0, 0.1) is 0 Å². The number of hydrogen-bond donors (Lipinski definition) is 4. The minimum atomic E-state index is -4.60. The lowest BCUT2D eigenvalue weighted by molar-refractivity contribution is -0.297. The maximum absolute atomic E-state index is 12.7. The first-order valence-electron chi connectivity index (χ1n) is 19.9. The van der Waals surface area contributed by atoms with Crippen molar-refractivity contribution in [2.75, 3.05) is 19.0 Å². The van der Waals surface area contributed by atoms with Gasteiger partial charge in [0, 0.05) is 12.8 Å². The van der Waals surface area contributed by atoms with E-state index in [0.29, 0.717) is 12.8 Å². The van der Waals surface area contributed by atoms with Gasteiger partial charge in [-0.2, -0.15) is 8.42 Å². The maximum atomic E-state index is 12.7. The SMILES string of the molecule is CCC/C=C\C/C=C\CCCCCCCC(=O)OC(COC(=O)CCCCCCCCCCCCC)COC1OC(CS(=O)(=O)O)C(O)C(O)C1O. The summed E-state index contributed by atoms with van der Waals surface area (Å²) in [5.41, 5.74) is 0. The van der Waals surface area contributed by atoms with E-state index in [2.05, 4.69) is 38.2 Å². The highest BCUT2D eigenvalue weighted by Gasteiger charge is 2.46. The Bertz CT molecular complexity index is 1080. The normalized spacial score (nSPS) is 21.5. The fourth-order valence-corrected chi connectivity index (χ4v) is 6.58. The number of aliphatic hydroxyl groups is 3. The summed E-state index contributed by atoms with van der Waals surface area (Å²) in [7, 11) is -4.60. The number of ether oxygens (including phenoxy) is 4. The van der Waals surface area contributed by atoms with Crippen molar-refractivity contribution < 1.29 is 56.8 Å². The van der Waals surface area contributed by atoms with E-state index in [1.807, 2.05) is 0 Å². The van der Waals surface area contributed by atoms with Crippen LogP contribution in [0.15, 0.2) is 24.3 Å². The van der Waals surface area contributed by atoms with Crippen molar-refractivity contribution in [2.45, 2.75) is 192 Å². The van der Waals surface area contributed by atoms with E-state index in [1.165, 1.54) is 44.9 Å². The minimum absolute atomic E-state index is 0.150. The van der Waals surface area contributed by atoms with E-state index in [0.717, 1.165) is 70.6 Å². The molecule has 52 heavy (non-hydrogen) atoms. The van der Waals surface area contributed by atoms with Crippen molar-refractivity contribution in [1.82, 2.24) is 0 Å². The van der Waals surface area contributed by atoms with Crippen molar-refractivity contribution in [2.24, 2.45) is 0 Å². The van der Waals surface area contributed by atoms with E-state index in [9.17, 15) is 37.9 Å². The molecular formula is C39H70O12S. The summed E-state index contributed by atoms with van der Waals surface area (Å²) in [5, 5.41) is 30.7. The van der Waals surface area contributed by atoms with Crippen molar-refractivity contribution in [3.8, 4) is 0 Å². The lowest BCUT2D eigenvalue weighted by Crippen LogP contribution is -2.60. The Morgan fingerprint density at radius 3 is 1.77 bits per heavy atom. The van der Waals surface area contributed by atoms with Gasteiger partial charge in [0.25, 0.3) is 10.1 Å². The van der Waals surface area contributed by atoms with Gasteiger partial charge in [0.1, 0.15) is 36.8 Å². The zero-order chi connectivity index (χ0) is 38.5. The molecule has 0 aliphatic carbocycles. The monoisotopic (exact) mass is 762 g/mol. The quantitative estimate of drug-likeness (QED) is 0.0241. The first-order chi connectivity index (χ1) is 25.0. The van der Waals surface area contributed by atoms with Crippen LogP contribution in [0.5, 0.6) is 0 Å². The lowest BCUT2D eigenvalue weighted by atomic mass is 10.00. The third kappa shape index (κ3) is 25.2. The molecule has 0 spiro atoms. The third-order valence-corrected chi connectivity index (χ3v) is 9.76. The van der Waals surface area contributed by atoms with Gasteiger partial charge >= 0.3 is 11.9 Å². The van der Waals surface area contributed by atoms with Gasteiger partial charge in [-0.3, -0.25) is 14.1 Å². The predicted octanol–water partition coefficient (Wildman–Crippen LogP) is 6.89. The third-order valence-electron chi connectivity index (χ3n) is 9.02. The number of esters is 2. The Morgan fingerprint density at radius 1 is 0.654 bits per heavy atom. The largest absolute Gasteiger partial charge is 0.462 e. The van der Waals surface area contributed by atoms with Crippen molar-refractivity contribution in [3.05, 3.63) is 24.3 Å². The second-order valence-electron chi connectivity index (χ2n) is 14.0. The number of rotatable bonds is 32. The van der Waals surface area contributed by atoms with Gasteiger partial charge in [-0.25, -0.2) is 0 Å². The Morgan fingerprint density at radius 2 is 1.19 bits per heavy atom. The van der Waals surface area contributed by atoms with Crippen LogP contribution in [0.1, 0.15) is 155 Å². The number of carbonyl (C=O) groups excluding carboxylic acids is 2. The van der Waals surface area contributed by atoms with Crippen molar-refractivity contribution in [1.29, 1.82) is 0 Å². The van der Waals surface area contributed by atoms with Crippen LogP contribution in [0.2, 0.25) is 0 Å². The highest BCUT2D eigenvalue weighted by molar-refractivity contribution is 7.85. The van der Waals surface area contributed by atoms with Crippen LogP contribution in [-0.2, 0) is 38.7 Å². The Balaban J connectivity index is 2.53. The van der Waals surface area contributed by atoms with Gasteiger partial charge < -0.3 is 34.3 Å². The molecule has 4 N–H and O–H groups in total. The summed E-state index contributed by atoms with van der Waals surface area (Å²) >= 11 is 0. The van der Waals surface area contributed by atoms with Gasteiger partial charge in [0.2, 0.25) is 0 Å². The number of hydrogen-bond acceptors (Lipinski definition) is 11. The van der Waals surface area contributed by atoms with Crippen LogP contribution in [0.3, 0.4) is 0 Å². The molecule has 1 aliphatic heterocycles. The van der Waals surface area contributed by atoms with Gasteiger partial charge in [0.05, 0.1) is 6.61 Å². The highest BCUT2D eigenvalue weighted by atomic mass is 32.2. The van der Waals surface area contributed by atoms with Crippen LogP contribution >= 0.6 is 0 Å². The average Bonchev–Trinajstić information content (AvgIpc) is 3.10. The number of carbonyl (C=O) groups is 2. The van der Waals surface area contributed by atoms with E-state index in [4.69, 9.17) is 18.9 Å². The first kappa shape index (κ1) is 48.1. The van der Waals surface area contributed by atoms with Gasteiger partial charge in [-0.15, -0.1) is 0 Å². The van der Waals surface area contributed by atoms with E-state index in [1.54, 1.807) is 0 Å². The van der Waals surface area contributed by atoms with Gasteiger partial charge in [0.15, 0.2) is 12.4 Å². The van der Waals surface area contributed by atoms with Gasteiger partial charge in [-0.1, -0.05) is 128 Å². The summed E-state index contributed by atoms with van der Waals surface area (Å²) in [5.74, 6) is -2.00. The molecule has 0 amide bonds. The van der Waals surface area contributed by atoms with Crippen molar-refractivity contribution >= 4 is 22.1 Å². The molecule has 0 radical (unpaired) electrons. The Kier molecular flexibility index (Phi) is 28.2. The number of allylic oxidation sites excluding steroid dienone is 4. The molecule has 1 saturated heterocycles. The molecule has 1 rings (SSSR count). The molecule has 12 nitrogen and oxygen atoms in total. The summed E-state index contributed by atoms with van der Waals surface area (Å²) in [6.07, 6.45) is 20.9. The summed E-state index contributed by atoms with van der Waals surface area (Å²) in [6, 6.07) is 0. The Hall–Kier alpha value is -1.87. The standard InChI is InChI=1S/C39H70O12S/c1-3-5-7-9-11-13-15-16-18-20-22-24-26-28-35(41)50-32(29-48-34(40)27-25-23-21-19-17-14-12-10-8-6-4-2)30-49-39-38(44)37(43)36(42)33(51-39)31-52(45,46)47/h7,9,13,15,32-33,36-39,42-44H,3-6,8,10-12,14,16-31H2,1-2H3,(H,45,46,47)/b9-7-,15-13-. The predicted molar refractivity (Wildman–Crippen MR) is 201 cm³/mol. The molecule has 0 bridgehead atoms. The molecule has 1 aliphatic rings. The fraction of sp³-hybridized carbons (Fsp3) is 0.846. The molecule has 13 heteroatoms. The maximum Gasteiger partial charge on any atom is 0.306 e. The van der Waals surface area contributed by atoms with E-state index in [-0.39, 0.29) is 19.4 Å². The zero-order valence-electron chi connectivity index (χ0n) is 31.9. The number of unbranched alkanes of at least 4 members (excludes halogenated alkanes) is 16. The molecule has 0 aromatic heterocycles. The Labute approximate surface area is 313 Å². The molecular weight excluding hydrogens is 692 g/mol. The van der Waals surface area contributed by atoms with E-state index < -0.39 is 71.2 Å². The molecule has 0 aromatic carbocycles. The topological polar surface area (TPSA) is 186 Å². The minimum Gasteiger partial charge on any atom is -0.462 e. The second-order valence-corrected chi connectivity index (χ2v) is 15.4. The average molecular weight is 763 g/mol. The van der Waals surface area contributed by atoms with Crippen LogP contribution in [0.4, 0.5) is 0 Å². The van der Waals surface area contributed by atoms with Gasteiger partial charge in [-0.05, 0) is 38.5 Å². The molecule has 0 saturated carbocycles. The summed E-state index contributed by atoms with van der Waals surface area (Å²) in [4.78, 5) is 25.2. The molecule has 6 atom stereocenters.